The Balaban J connectivity index is 2.13. The first-order valence-corrected chi connectivity index (χ1v) is 6.53. The second-order valence-corrected chi connectivity index (χ2v) is 5.69. The van der Waals surface area contributed by atoms with E-state index in [1.165, 1.54) is 0 Å². The molecule has 2 bridgehead atoms. The molecule has 0 amide bonds. The van der Waals surface area contributed by atoms with E-state index in [1.54, 1.807) is 0 Å². The summed E-state index contributed by atoms with van der Waals surface area (Å²) in [5.74, 6) is -0.185. The van der Waals surface area contributed by atoms with Crippen LogP contribution in [0.15, 0.2) is 12.1 Å². The molecule has 1 saturated carbocycles. The van der Waals surface area contributed by atoms with Crippen molar-refractivity contribution in [2.45, 2.75) is 31.3 Å². The van der Waals surface area contributed by atoms with Crippen LogP contribution in [0, 0.1) is 5.92 Å². The molecule has 2 aliphatic rings. The minimum absolute atomic E-state index is 0.0954. The number of Topliss-reactive ketones (excluding diaryl/α,β-unsaturated/α-hetero) is 1. The van der Waals surface area contributed by atoms with E-state index in [-0.39, 0.29) is 17.6 Å². The number of hydrogen-bond acceptors (Lipinski definition) is 2. The summed E-state index contributed by atoms with van der Waals surface area (Å²) < 4.78 is 0. The molecule has 0 unspecified atom stereocenters. The van der Waals surface area contributed by atoms with Crippen molar-refractivity contribution in [1.82, 2.24) is 0 Å². The first kappa shape index (κ1) is 11.5. The first-order chi connectivity index (χ1) is 8.08. The molecule has 1 fully saturated rings. The third-order valence-electron chi connectivity index (χ3n) is 3.92. The van der Waals surface area contributed by atoms with Crippen molar-refractivity contribution in [2.24, 2.45) is 5.92 Å². The van der Waals surface area contributed by atoms with Crippen LogP contribution in [0.1, 0.15) is 29.9 Å². The van der Waals surface area contributed by atoms with Gasteiger partial charge in [0.05, 0.1) is 16.1 Å². The van der Waals surface area contributed by atoms with Crippen molar-refractivity contribution >= 4 is 29.0 Å². The molecule has 2 aliphatic carbocycles. The van der Waals surface area contributed by atoms with Crippen molar-refractivity contribution in [3.05, 3.63) is 33.3 Å². The van der Waals surface area contributed by atoms with Crippen LogP contribution in [0.5, 0.6) is 0 Å². The molecule has 0 heterocycles. The maximum Gasteiger partial charge on any atom is 0.146 e. The number of fused-ring (bicyclic) bond motifs is 4. The lowest BCUT2D eigenvalue weighted by atomic mass is 9.67. The standard InChI is InChI=1S/C13H12Cl2O2/c14-10-4-6-3-9-12(16)2-1-7(13(9)17)8(6)5-11(10)15/h4-5,7,9,12,16H,1-3H2/t7-,9-,12+/m1/s1. The lowest BCUT2D eigenvalue weighted by molar-refractivity contribution is -0.132. The van der Waals surface area contributed by atoms with Gasteiger partial charge in [-0.15, -0.1) is 0 Å². The fourth-order valence-electron chi connectivity index (χ4n) is 3.02. The average molecular weight is 271 g/mol. The van der Waals surface area contributed by atoms with Gasteiger partial charge in [-0.3, -0.25) is 4.79 Å². The number of aliphatic hydroxyl groups is 1. The van der Waals surface area contributed by atoms with E-state index in [1.807, 2.05) is 12.1 Å². The molecular formula is C13H12Cl2O2. The molecule has 1 aromatic carbocycles. The van der Waals surface area contributed by atoms with Crippen molar-refractivity contribution in [1.29, 1.82) is 0 Å². The van der Waals surface area contributed by atoms with Crippen LogP contribution in [0.4, 0.5) is 0 Å². The van der Waals surface area contributed by atoms with E-state index in [9.17, 15) is 9.90 Å². The van der Waals surface area contributed by atoms with Gasteiger partial charge < -0.3 is 5.11 Å². The molecule has 17 heavy (non-hydrogen) atoms. The van der Waals surface area contributed by atoms with Crippen molar-refractivity contribution < 1.29 is 9.90 Å². The molecule has 1 N–H and O–H groups in total. The zero-order valence-electron chi connectivity index (χ0n) is 9.12. The van der Waals surface area contributed by atoms with Crippen molar-refractivity contribution in [3.63, 3.8) is 0 Å². The summed E-state index contributed by atoms with van der Waals surface area (Å²) in [7, 11) is 0. The minimum atomic E-state index is -0.499. The SMILES string of the molecule is O=C1[C@@H]2CC[C@H](O)[C@H]1Cc1cc(Cl)c(Cl)cc12. The molecule has 3 atom stereocenters. The summed E-state index contributed by atoms with van der Waals surface area (Å²) in [5.41, 5.74) is 2.07. The Morgan fingerprint density at radius 3 is 2.65 bits per heavy atom. The van der Waals surface area contributed by atoms with Gasteiger partial charge in [0.1, 0.15) is 5.78 Å². The van der Waals surface area contributed by atoms with Gasteiger partial charge in [-0.1, -0.05) is 23.2 Å². The number of halogens is 2. The number of ketones is 1. The number of hydrogen-bond donors (Lipinski definition) is 1. The summed E-state index contributed by atoms with van der Waals surface area (Å²) >= 11 is 12.0. The van der Waals surface area contributed by atoms with Crippen LogP contribution in [-0.2, 0) is 11.2 Å². The monoisotopic (exact) mass is 270 g/mol. The fraction of sp³-hybridized carbons (Fsp3) is 0.462. The Morgan fingerprint density at radius 1 is 1.18 bits per heavy atom. The van der Waals surface area contributed by atoms with Crippen molar-refractivity contribution in [2.75, 3.05) is 0 Å². The Kier molecular flexibility index (Phi) is 2.69. The number of carbonyl (C=O) groups excluding carboxylic acids is 1. The second-order valence-electron chi connectivity index (χ2n) is 4.88. The van der Waals surface area contributed by atoms with E-state index in [2.05, 4.69) is 0 Å². The zero-order chi connectivity index (χ0) is 12.2. The Hall–Kier alpha value is -0.570. The molecule has 2 nitrogen and oxygen atoms in total. The molecule has 90 valence electrons. The highest BCUT2D eigenvalue weighted by molar-refractivity contribution is 6.42. The Labute approximate surface area is 110 Å². The van der Waals surface area contributed by atoms with Crippen LogP contribution in [0.25, 0.3) is 0 Å². The van der Waals surface area contributed by atoms with E-state index < -0.39 is 6.10 Å². The van der Waals surface area contributed by atoms with Crippen LogP contribution >= 0.6 is 23.2 Å². The smallest absolute Gasteiger partial charge is 0.146 e. The molecule has 0 aromatic heterocycles. The molecular weight excluding hydrogens is 259 g/mol. The van der Waals surface area contributed by atoms with Gasteiger partial charge >= 0.3 is 0 Å². The van der Waals surface area contributed by atoms with Gasteiger partial charge in [-0.2, -0.15) is 0 Å². The van der Waals surface area contributed by atoms with Crippen LogP contribution in [0.2, 0.25) is 10.0 Å². The topological polar surface area (TPSA) is 37.3 Å². The van der Waals surface area contributed by atoms with E-state index in [0.717, 1.165) is 11.1 Å². The quantitative estimate of drug-likeness (QED) is 0.787. The molecule has 4 heteroatoms. The predicted molar refractivity (Wildman–Crippen MR) is 66.6 cm³/mol. The molecule has 0 spiro atoms. The predicted octanol–water partition coefficient (Wildman–Crippen LogP) is 2.97. The molecule has 0 saturated heterocycles. The van der Waals surface area contributed by atoms with Gasteiger partial charge in [0.2, 0.25) is 0 Å². The van der Waals surface area contributed by atoms with E-state index in [4.69, 9.17) is 23.2 Å². The molecule has 1 aromatic rings. The highest BCUT2D eigenvalue weighted by atomic mass is 35.5. The summed E-state index contributed by atoms with van der Waals surface area (Å²) in [5, 5.41) is 10.9. The molecule has 0 radical (unpaired) electrons. The van der Waals surface area contributed by atoms with Gasteiger partial charge in [0, 0.05) is 11.8 Å². The summed E-state index contributed by atoms with van der Waals surface area (Å²) in [4.78, 5) is 12.1. The second kappa shape index (κ2) is 3.98. The minimum Gasteiger partial charge on any atom is -0.392 e. The number of rotatable bonds is 0. The Morgan fingerprint density at radius 2 is 1.88 bits per heavy atom. The van der Waals surface area contributed by atoms with Gasteiger partial charge in [0.15, 0.2) is 0 Å². The van der Waals surface area contributed by atoms with Gasteiger partial charge in [0.25, 0.3) is 0 Å². The van der Waals surface area contributed by atoms with E-state index in [0.29, 0.717) is 29.3 Å². The summed E-state index contributed by atoms with van der Waals surface area (Å²) in [6.45, 7) is 0. The van der Waals surface area contributed by atoms with Crippen molar-refractivity contribution in [3.8, 4) is 0 Å². The number of carbonyl (C=O) groups is 1. The Bertz CT molecular complexity index is 498. The van der Waals surface area contributed by atoms with Crippen LogP contribution in [0.3, 0.4) is 0 Å². The van der Waals surface area contributed by atoms with Crippen LogP contribution < -0.4 is 0 Å². The normalized spacial score (nSPS) is 31.2. The largest absolute Gasteiger partial charge is 0.392 e. The lowest BCUT2D eigenvalue weighted by Gasteiger charge is -2.38. The third-order valence-corrected chi connectivity index (χ3v) is 4.64. The fourth-order valence-corrected chi connectivity index (χ4v) is 3.37. The highest BCUT2D eigenvalue weighted by Crippen LogP contribution is 2.43. The van der Waals surface area contributed by atoms with E-state index >= 15 is 0 Å². The van der Waals surface area contributed by atoms with Gasteiger partial charge in [-0.05, 0) is 42.5 Å². The number of aliphatic hydroxyl groups excluding tert-OH is 1. The maximum absolute atomic E-state index is 12.1. The van der Waals surface area contributed by atoms with Crippen LogP contribution in [-0.4, -0.2) is 17.0 Å². The average Bonchev–Trinajstić information content (AvgIpc) is 2.27. The maximum atomic E-state index is 12.1. The molecule has 3 rings (SSSR count). The lowest BCUT2D eigenvalue weighted by Crippen LogP contribution is -2.42. The highest BCUT2D eigenvalue weighted by Gasteiger charge is 2.42. The zero-order valence-corrected chi connectivity index (χ0v) is 10.6. The number of benzene rings is 1. The summed E-state index contributed by atoms with van der Waals surface area (Å²) in [6.07, 6.45) is 1.49. The summed E-state index contributed by atoms with van der Waals surface area (Å²) in [6, 6.07) is 3.65. The van der Waals surface area contributed by atoms with Gasteiger partial charge in [-0.25, -0.2) is 0 Å². The molecule has 0 aliphatic heterocycles. The first-order valence-electron chi connectivity index (χ1n) is 5.77. The third kappa shape index (κ3) is 1.70.